The fraction of sp³-hybridized carbons (Fsp3) is 0.419. The van der Waals surface area contributed by atoms with Gasteiger partial charge < -0.3 is 20.1 Å². The standard InChI is InChI=1S/C31H39N3O3/c1-6-10-27-28-29(32-21-13-15-23(35-4)16-14-21)25-19-24(36-5)17-18-26(25)33-30(28)31(20(2)3)37-34(27)22-11-8-7-9-12-22/h7-9,11-20,27-33H,6,10H2,1-5H3/t27-,28+,29-,30+,31-/m1/s1. The number of hydrogen-bond acceptors (Lipinski definition) is 6. The molecular formula is C31H39N3O3. The lowest BCUT2D eigenvalue weighted by molar-refractivity contribution is -0.0838. The SMILES string of the molecule is CCC[C@@H]1[C@@H]2[C@H](Nc3ccc(OC)cc3[C@H]2Nc2ccc(OC)cc2)[C@@H](C(C)C)ON1c1ccccc1. The number of ether oxygens (including phenoxy) is 2. The molecule has 2 N–H and O–H groups in total. The van der Waals surface area contributed by atoms with Crippen molar-refractivity contribution in [3.63, 3.8) is 0 Å². The molecule has 5 atom stereocenters. The number of para-hydroxylation sites is 1. The van der Waals surface area contributed by atoms with Crippen molar-refractivity contribution in [1.82, 2.24) is 0 Å². The maximum atomic E-state index is 6.86. The molecule has 0 radical (unpaired) electrons. The van der Waals surface area contributed by atoms with Gasteiger partial charge in [-0.2, -0.15) is 0 Å². The van der Waals surface area contributed by atoms with E-state index in [4.69, 9.17) is 14.3 Å². The van der Waals surface area contributed by atoms with Crippen molar-refractivity contribution in [2.75, 3.05) is 29.9 Å². The Balaban J connectivity index is 1.64. The van der Waals surface area contributed by atoms with E-state index in [0.717, 1.165) is 41.4 Å². The summed E-state index contributed by atoms with van der Waals surface area (Å²) in [6.07, 6.45) is 2.09. The van der Waals surface area contributed by atoms with Gasteiger partial charge in [0.25, 0.3) is 0 Å². The van der Waals surface area contributed by atoms with Crippen molar-refractivity contribution in [3.8, 4) is 11.5 Å². The monoisotopic (exact) mass is 501 g/mol. The van der Waals surface area contributed by atoms with Crippen LogP contribution >= 0.6 is 0 Å². The summed E-state index contributed by atoms with van der Waals surface area (Å²) < 4.78 is 11.1. The van der Waals surface area contributed by atoms with E-state index in [2.05, 4.69) is 91.1 Å². The van der Waals surface area contributed by atoms with E-state index in [1.165, 1.54) is 5.56 Å². The predicted octanol–water partition coefficient (Wildman–Crippen LogP) is 6.91. The molecule has 0 aromatic heterocycles. The van der Waals surface area contributed by atoms with Crippen molar-refractivity contribution in [1.29, 1.82) is 0 Å². The molecule has 3 aromatic carbocycles. The number of fused-ring (bicyclic) bond motifs is 2. The second-order valence-corrected chi connectivity index (χ2v) is 10.4. The van der Waals surface area contributed by atoms with Crippen molar-refractivity contribution < 1.29 is 14.3 Å². The van der Waals surface area contributed by atoms with Crippen LogP contribution in [-0.4, -0.2) is 32.4 Å². The first-order valence-corrected chi connectivity index (χ1v) is 13.4. The third-order valence-electron chi connectivity index (χ3n) is 7.71. The van der Waals surface area contributed by atoms with Gasteiger partial charge in [-0.3, -0.25) is 9.90 Å². The highest BCUT2D eigenvalue weighted by Gasteiger charge is 2.52. The summed E-state index contributed by atoms with van der Waals surface area (Å²) >= 11 is 0. The molecule has 6 heteroatoms. The van der Waals surface area contributed by atoms with Crippen LogP contribution in [0.5, 0.6) is 11.5 Å². The normalized spacial score (nSPS) is 24.6. The lowest BCUT2D eigenvalue weighted by Crippen LogP contribution is -2.64. The van der Waals surface area contributed by atoms with E-state index in [0.29, 0.717) is 5.92 Å². The molecule has 0 spiro atoms. The second kappa shape index (κ2) is 10.9. The van der Waals surface area contributed by atoms with E-state index in [1.807, 2.05) is 18.2 Å². The fourth-order valence-corrected chi connectivity index (χ4v) is 5.95. The van der Waals surface area contributed by atoms with E-state index in [-0.39, 0.29) is 30.1 Å². The molecule has 37 heavy (non-hydrogen) atoms. The predicted molar refractivity (Wildman–Crippen MR) is 151 cm³/mol. The number of anilines is 3. The average molecular weight is 502 g/mol. The summed E-state index contributed by atoms with van der Waals surface area (Å²) in [7, 11) is 3.43. The molecule has 0 aliphatic carbocycles. The summed E-state index contributed by atoms with van der Waals surface area (Å²) in [5.41, 5.74) is 4.51. The summed E-state index contributed by atoms with van der Waals surface area (Å²) in [6.45, 7) is 6.76. The molecule has 0 unspecified atom stereocenters. The summed E-state index contributed by atoms with van der Waals surface area (Å²) in [5.74, 6) is 2.28. The Morgan fingerprint density at radius 3 is 2.30 bits per heavy atom. The first-order valence-electron chi connectivity index (χ1n) is 13.4. The van der Waals surface area contributed by atoms with Crippen molar-refractivity contribution in [2.45, 2.75) is 57.8 Å². The Labute approximate surface area is 220 Å². The molecular weight excluding hydrogens is 462 g/mol. The molecule has 3 aromatic rings. The van der Waals surface area contributed by atoms with Crippen LogP contribution in [0.25, 0.3) is 0 Å². The van der Waals surface area contributed by atoms with Gasteiger partial charge in [0.1, 0.15) is 17.6 Å². The van der Waals surface area contributed by atoms with E-state index < -0.39 is 0 Å². The Morgan fingerprint density at radius 1 is 0.946 bits per heavy atom. The Kier molecular flexibility index (Phi) is 7.47. The maximum Gasteiger partial charge on any atom is 0.119 e. The van der Waals surface area contributed by atoms with Gasteiger partial charge in [0.05, 0.1) is 38.0 Å². The molecule has 5 rings (SSSR count). The van der Waals surface area contributed by atoms with Crippen molar-refractivity contribution in [3.05, 3.63) is 78.4 Å². The van der Waals surface area contributed by atoms with Gasteiger partial charge >= 0.3 is 0 Å². The van der Waals surface area contributed by atoms with Gasteiger partial charge in [0.2, 0.25) is 0 Å². The zero-order chi connectivity index (χ0) is 25.9. The number of hydroxylamine groups is 1. The van der Waals surface area contributed by atoms with Crippen LogP contribution < -0.4 is 25.2 Å². The van der Waals surface area contributed by atoms with Crippen molar-refractivity contribution in [2.24, 2.45) is 11.8 Å². The van der Waals surface area contributed by atoms with Crippen LogP contribution in [0.3, 0.4) is 0 Å². The van der Waals surface area contributed by atoms with Gasteiger partial charge in [0, 0.05) is 22.9 Å². The largest absolute Gasteiger partial charge is 0.497 e. The molecule has 0 amide bonds. The van der Waals surface area contributed by atoms with Crippen LogP contribution in [0.15, 0.2) is 72.8 Å². The Bertz CT molecular complexity index is 1170. The van der Waals surface area contributed by atoms with E-state index in [9.17, 15) is 0 Å². The van der Waals surface area contributed by atoms with E-state index in [1.54, 1.807) is 14.2 Å². The van der Waals surface area contributed by atoms with Gasteiger partial charge in [-0.15, -0.1) is 0 Å². The lowest BCUT2D eigenvalue weighted by Gasteiger charge is -2.55. The molecule has 2 heterocycles. The fourth-order valence-electron chi connectivity index (χ4n) is 5.95. The summed E-state index contributed by atoms with van der Waals surface area (Å²) in [5, 5.41) is 10.0. The average Bonchev–Trinajstić information content (AvgIpc) is 2.93. The first kappa shape index (κ1) is 25.3. The maximum absolute atomic E-state index is 6.86. The molecule has 0 saturated carbocycles. The molecule has 2 aliphatic heterocycles. The Morgan fingerprint density at radius 2 is 1.65 bits per heavy atom. The molecule has 196 valence electrons. The summed E-state index contributed by atoms with van der Waals surface area (Å²) in [4.78, 5) is 6.86. The number of benzene rings is 3. The highest BCUT2D eigenvalue weighted by molar-refractivity contribution is 5.63. The van der Waals surface area contributed by atoms with Gasteiger partial charge in [0.15, 0.2) is 0 Å². The molecule has 1 fully saturated rings. The third kappa shape index (κ3) is 4.95. The van der Waals surface area contributed by atoms with Crippen LogP contribution in [0.2, 0.25) is 0 Å². The number of nitrogens with zero attached hydrogens (tertiary/aromatic N) is 1. The second-order valence-electron chi connectivity index (χ2n) is 10.4. The molecule has 1 saturated heterocycles. The van der Waals surface area contributed by atoms with Crippen LogP contribution in [0.4, 0.5) is 17.1 Å². The minimum Gasteiger partial charge on any atom is -0.497 e. The van der Waals surface area contributed by atoms with Gasteiger partial charge in [-0.25, -0.2) is 0 Å². The number of methoxy groups -OCH3 is 2. The lowest BCUT2D eigenvalue weighted by atomic mass is 9.72. The zero-order valence-electron chi connectivity index (χ0n) is 22.5. The molecule has 0 bridgehead atoms. The molecule has 2 aliphatic rings. The quantitative estimate of drug-likeness (QED) is 0.350. The minimum absolute atomic E-state index is 0.00808. The first-order chi connectivity index (χ1) is 18.0. The van der Waals surface area contributed by atoms with Crippen molar-refractivity contribution >= 4 is 17.1 Å². The third-order valence-corrected chi connectivity index (χ3v) is 7.71. The smallest absolute Gasteiger partial charge is 0.119 e. The summed E-state index contributed by atoms with van der Waals surface area (Å²) in [6, 6.07) is 25.5. The minimum atomic E-state index is 0.00808. The van der Waals surface area contributed by atoms with E-state index >= 15 is 0 Å². The van der Waals surface area contributed by atoms with Crippen LogP contribution in [0.1, 0.15) is 45.2 Å². The number of hydrogen-bond donors (Lipinski definition) is 2. The van der Waals surface area contributed by atoms with Crippen LogP contribution in [0, 0.1) is 11.8 Å². The zero-order valence-corrected chi connectivity index (χ0v) is 22.5. The van der Waals surface area contributed by atoms with Gasteiger partial charge in [-0.1, -0.05) is 45.4 Å². The number of nitrogens with one attached hydrogen (secondary N) is 2. The Hall–Kier alpha value is -3.38. The number of rotatable bonds is 8. The highest BCUT2D eigenvalue weighted by Crippen LogP contribution is 2.49. The molecule has 6 nitrogen and oxygen atoms in total. The highest BCUT2D eigenvalue weighted by atomic mass is 16.7. The topological polar surface area (TPSA) is 55.0 Å². The van der Waals surface area contributed by atoms with Crippen LogP contribution in [-0.2, 0) is 4.84 Å². The van der Waals surface area contributed by atoms with Gasteiger partial charge in [-0.05, 0) is 66.9 Å².